The van der Waals surface area contributed by atoms with Gasteiger partial charge in [0.2, 0.25) is 5.89 Å². The standard InChI is InChI=1S/C24H19ClN2O6/c1-30-20-11-15(24(29)32-13-22-26-17-9-5-6-10-19(17)33-22)18(12-21(20)31-2)27-23(28)14-7-3-4-8-16(14)25/h3-12H,13H2,1-2H3,(H,27,28). The predicted molar refractivity (Wildman–Crippen MR) is 122 cm³/mol. The highest BCUT2D eigenvalue weighted by atomic mass is 35.5. The van der Waals surface area contributed by atoms with E-state index in [9.17, 15) is 9.59 Å². The van der Waals surface area contributed by atoms with Crippen molar-refractivity contribution in [3.05, 3.63) is 82.7 Å². The molecule has 0 aliphatic rings. The highest BCUT2D eigenvalue weighted by Gasteiger charge is 2.22. The van der Waals surface area contributed by atoms with Crippen LogP contribution in [-0.2, 0) is 11.3 Å². The molecule has 4 aromatic rings. The lowest BCUT2D eigenvalue weighted by atomic mass is 10.1. The van der Waals surface area contributed by atoms with Gasteiger partial charge in [-0.1, -0.05) is 35.9 Å². The van der Waals surface area contributed by atoms with Gasteiger partial charge in [-0.15, -0.1) is 0 Å². The lowest BCUT2D eigenvalue weighted by molar-refractivity contribution is 0.0441. The second kappa shape index (κ2) is 9.62. The van der Waals surface area contributed by atoms with Gasteiger partial charge < -0.3 is 23.9 Å². The Hall–Kier alpha value is -4.04. The number of aromatic nitrogens is 1. The lowest BCUT2D eigenvalue weighted by Gasteiger charge is -2.15. The molecule has 168 valence electrons. The number of rotatable bonds is 7. The first-order chi connectivity index (χ1) is 16.0. The molecule has 3 aromatic carbocycles. The number of ether oxygens (including phenoxy) is 3. The van der Waals surface area contributed by atoms with Crippen LogP contribution in [0.2, 0.25) is 5.02 Å². The van der Waals surface area contributed by atoms with Crippen LogP contribution in [0.3, 0.4) is 0 Å². The first-order valence-corrected chi connectivity index (χ1v) is 10.2. The van der Waals surface area contributed by atoms with Crippen molar-refractivity contribution in [3.8, 4) is 11.5 Å². The molecule has 0 radical (unpaired) electrons. The van der Waals surface area contributed by atoms with Crippen LogP contribution >= 0.6 is 11.6 Å². The number of oxazole rings is 1. The molecule has 1 heterocycles. The maximum Gasteiger partial charge on any atom is 0.340 e. The van der Waals surface area contributed by atoms with E-state index in [-0.39, 0.29) is 34.3 Å². The van der Waals surface area contributed by atoms with Crippen molar-refractivity contribution < 1.29 is 28.2 Å². The summed E-state index contributed by atoms with van der Waals surface area (Å²) in [6.45, 7) is -0.195. The molecule has 1 amide bonds. The summed E-state index contributed by atoms with van der Waals surface area (Å²) in [5, 5.41) is 2.97. The van der Waals surface area contributed by atoms with Crippen molar-refractivity contribution in [1.82, 2.24) is 4.98 Å². The number of methoxy groups -OCH3 is 2. The number of esters is 1. The molecule has 0 unspecified atom stereocenters. The van der Waals surface area contributed by atoms with Crippen molar-refractivity contribution >= 4 is 40.3 Å². The van der Waals surface area contributed by atoms with Crippen molar-refractivity contribution in [2.45, 2.75) is 6.61 Å². The van der Waals surface area contributed by atoms with Crippen molar-refractivity contribution in [1.29, 1.82) is 0 Å². The van der Waals surface area contributed by atoms with Gasteiger partial charge in [0.05, 0.1) is 36.1 Å². The number of fused-ring (bicyclic) bond motifs is 1. The minimum atomic E-state index is -0.715. The van der Waals surface area contributed by atoms with Crippen LogP contribution in [0.5, 0.6) is 11.5 Å². The number of anilines is 1. The fraction of sp³-hybridized carbons (Fsp3) is 0.125. The summed E-state index contributed by atoms with van der Waals surface area (Å²) >= 11 is 6.13. The smallest absolute Gasteiger partial charge is 0.340 e. The van der Waals surface area contributed by atoms with Crippen LogP contribution < -0.4 is 14.8 Å². The molecule has 9 heteroatoms. The molecule has 0 fully saturated rings. The Bertz CT molecular complexity index is 1300. The Morgan fingerprint density at radius 1 is 0.970 bits per heavy atom. The van der Waals surface area contributed by atoms with Crippen molar-refractivity contribution in [2.75, 3.05) is 19.5 Å². The number of carbonyl (C=O) groups is 2. The van der Waals surface area contributed by atoms with Gasteiger partial charge in [-0.3, -0.25) is 4.79 Å². The second-order valence-corrected chi connectivity index (χ2v) is 7.25. The quantitative estimate of drug-likeness (QED) is 0.378. The van der Waals surface area contributed by atoms with E-state index in [0.29, 0.717) is 22.6 Å². The normalized spacial score (nSPS) is 10.6. The van der Waals surface area contributed by atoms with Crippen LogP contribution in [-0.4, -0.2) is 31.1 Å². The van der Waals surface area contributed by atoms with E-state index in [0.717, 1.165) is 0 Å². The topological polar surface area (TPSA) is 99.9 Å². The van der Waals surface area contributed by atoms with Gasteiger partial charge in [-0.05, 0) is 24.3 Å². The molecule has 4 rings (SSSR count). The number of nitrogens with zero attached hydrogens (tertiary/aromatic N) is 1. The number of amides is 1. The van der Waals surface area contributed by atoms with Crippen LogP contribution in [0, 0.1) is 0 Å². The number of halogens is 1. The molecule has 1 aromatic heterocycles. The van der Waals surface area contributed by atoms with Gasteiger partial charge in [0.1, 0.15) is 5.52 Å². The number of nitrogens with one attached hydrogen (secondary N) is 1. The van der Waals surface area contributed by atoms with Crippen LogP contribution in [0.25, 0.3) is 11.1 Å². The molecule has 0 spiro atoms. The average Bonchev–Trinajstić information content (AvgIpc) is 3.25. The van der Waals surface area contributed by atoms with Gasteiger partial charge in [-0.2, -0.15) is 0 Å². The SMILES string of the molecule is COc1cc(NC(=O)c2ccccc2Cl)c(C(=O)OCc2nc3ccccc3o2)cc1OC. The third-order valence-corrected chi connectivity index (χ3v) is 5.10. The van der Waals surface area contributed by atoms with E-state index >= 15 is 0 Å². The van der Waals surface area contributed by atoms with E-state index in [1.165, 1.54) is 26.4 Å². The molecular weight excluding hydrogens is 448 g/mol. The highest BCUT2D eigenvalue weighted by molar-refractivity contribution is 6.34. The fourth-order valence-corrected chi connectivity index (χ4v) is 3.39. The van der Waals surface area contributed by atoms with Crippen LogP contribution in [0.15, 0.2) is 65.1 Å². The van der Waals surface area contributed by atoms with E-state index in [1.54, 1.807) is 36.4 Å². The van der Waals surface area contributed by atoms with Gasteiger partial charge in [0.15, 0.2) is 23.7 Å². The zero-order valence-corrected chi connectivity index (χ0v) is 18.5. The molecular formula is C24H19ClN2O6. The van der Waals surface area contributed by atoms with Crippen molar-refractivity contribution in [2.24, 2.45) is 0 Å². The molecule has 0 saturated heterocycles. The summed E-state index contributed by atoms with van der Waals surface area (Å²) in [7, 11) is 2.88. The summed E-state index contributed by atoms with van der Waals surface area (Å²) in [6, 6.07) is 16.7. The maximum atomic E-state index is 12.9. The number of hydrogen-bond donors (Lipinski definition) is 1. The van der Waals surface area contributed by atoms with E-state index < -0.39 is 11.9 Å². The second-order valence-electron chi connectivity index (χ2n) is 6.84. The third kappa shape index (κ3) is 4.75. The lowest BCUT2D eigenvalue weighted by Crippen LogP contribution is -2.17. The molecule has 0 saturated carbocycles. The molecule has 1 N–H and O–H groups in total. The molecule has 0 atom stereocenters. The number of hydrogen-bond acceptors (Lipinski definition) is 7. The Morgan fingerprint density at radius 2 is 1.67 bits per heavy atom. The number of para-hydroxylation sites is 2. The first-order valence-electron chi connectivity index (χ1n) is 9.83. The summed E-state index contributed by atoms with van der Waals surface area (Å²) in [6.07, 6.45) is 0. The largest absolute Gasteiger partial charge is 0.493 e. The van der Waals surface area contributed by atoms with Gasteiger partial charge in [-0.25, -0.2) is 9.78 Å². The van der Waals surface area contributed by atoms with Gasteiger partial charge >= 0.3 is 5.97 Å². The maximum absolute atomic E-state index is 12.9. The summed E-state index contributed by atoms with van der Waals surface area (Å²) in [5.41, 5.74) is 1.72. The zero-order valence-electron chi connectivity index (χ0n) is 17.8. The summed E-state index contributed by atoms with van der Waals surface area (Å²) in [4.78, 5) is 30.0. The monoisotopic (exact) mass is 466 g/mol. The first kappa shape index (κ1) is 22.2. The molecule has 0 aliphatic carbocycles. The van der Waals surface area contributed by atoms with E-state index in [4.69, 9.17) is 30.2 Å². The van der Waals surface area contributed by atoms with E-state index in [2.05, 4.69) is 10.3 Å². The van der Waals surface area contributed by atoms with Crippen molar-refractivity contribution in [3.63, 3.8) is 0 Å². The van der Waals surface area contributed by atoms with Gasteiger partial charge in [0.25, 0.3) is 5.91 Å². The molecule has 0 bridgehead atoms. The molecule has 8 nitrogen and oxygen atoms in total. The number of carbonyl (C=O) groups excluding carboxylic acids is 2. The molecule has 0 aliphatic heterocycles. The molecule has 33 heavy (non-hydrogen) atoms. The average molecular weight is 467 g/mol. The van der Waals surface area contributed by atoms with Crippen LogP contribution in [0.4, 0.5) is 5.69 Å². The zero-order chi connectivity index (χ0) is 23.4. The fourth-order valence-electron chi connectivity index (χ4n) is 3.17. The predicted octanol–water partition coefficient (Wildman–Crippen LogP) is 5.11. The third-order valence-electron chi connectivity index (χ3n) is 4.78. The Kier molecular flexibility index (Phi) is 6.46. The Morgan fingerprint density at radius 3 is 2.39 bits per heavy atom. The minimum Gasteiger partial charge on any atom is -0.493 e. The summed E-state index contributed by atoms with van der Waals surface area (Å²) < 4.78 is 21.6. The van der Waals surface area contributed by atoms with E-state index in [1.807, 2.05) is 12.1 Å². The Balaban J connectivity index is 1.61. The summed E-state index contributed by atoms with van der Waals surface area (Å²) in [5.74, 6) is -0.357. The minimum absolute atomic E-state index is 0.0594. The highest BCUT2D eigenvalue weighted by Crippen LogP contribution is 2.34. The number of benzene rings is 3. The van der Waals surface area contributed by atoms with Gasteiger partial charge in [0, 0.05) is 12.1 Å². The van der Waals surface area contributed by atoms with Crippen LogP contribution in [0.1, 0.15) is 26.6 Å². The Labute approximate surface area is 194 Å².